The van der Waals surface area contributed by atoms with Gasteiger partial charge in [-0.05, 0) is 6.42 Å². The molecule has 1 N–H and O–H groups in total. The van der Waals surface area contributed by atoms with Gasteiger partial charge in [0.1, 0.15) is 0 Å². The zero-order valence-electron chi connectivity index (χ0n) is 5.61. The van der Waals surface area contributed by atoms with Gasteiger partial charge < -0.3 is 5.32 Å². The first-order valence-corrected chi connectivity index (χ1v) is 3.01. The van der Waals surface area contributed by atoms with Crippen LogP contribution < -0.4 is 5.32 Å². The third-order valence-corrected chi connectivity index (χ3v) is 0.835. The highest BCUT2D eigenvalue weighted by atomic mass is 16.1. The van der Waals surface area contributed by atoms with Crippen molar-refractivity contribution in [3.05, 3.63) is 0 Å². The lowest BCUT2D eigenvalue weighted by Gasteiger charge is -1.96. The Morgan fingerprint density at radius 1 is 1.78 bits per heavy atom. The molecule has 0 bridgehead atoms. The maximum atomic E-state index is 10.5. The lowest BCUT2D eigenvalue weighted by atomic mass is 10.4. The van der Waals surface area contributed by atoms with Crippen LogP contribution >= 0.6 is 0 Å². The van der Waals surface area contributed by atoms with Crippen LogP contribution in [-0.2, 0) is 4.79 Å². The molecule has 0 saturated carbocycles. The molecule has 50 valence electrons. The molecule has 0 rings (SSSR count). The van der Waals surface area contributed by atoms with Crippen LogP contribution in [0, 0.1) is 12.3 Å². The van der Waals surface area contributed by atoms with E-state index in [1.165, 1.54) is 0 Å². The van der Waals surface area contributed by atoms with Gasteiger partial charge in [0.15, 0.2) is 0 Å². The molecule has 1 amide bonds. The molecule has 0 aliphatic heterocycles. The smallest absolute Gasteiger partial charge is 0.232 e. The molecule has 0 fully saturated rings. The van der Waals surface area contributed by atoms with Gasteiger partial charge in [-0.15, -0.1) is 6.42 Å². The Balaban J connectivity index is 3.19. The van der Waals surface area contributed by atoms with Crippen molar-refractivity contribution in [3.63, 3.8) is 0 Å². The quantitative estimate of drug-likeness (QED) is 0.548. The van der Waals surface area contributed by atoms with Crippen molar-refractivity contribution in [1.82, 2.24) is 5.32 Å². The largest absolute Gasteiger partial charge is 0.355 e. The van der Waals surface area contributed by atoms with Crippen molar-refractivity contribution in [1.29, 1.82) is 0 Å². The van der Waals surface area contributed by atoms with E-state index in [0.717, 1.165) is 13.0 Å². The Bertz CT molecular complexity index is 123. The average molecular weight is 125 g/mol. The Morgan fingerprint density at radius 3 is 2.89 bits per heavy atom. The van der Waals surface area contributed by atoms with Crippen molar-refractivity contribution in [3.8, 4) is 12.3 Å². The minimum Gasteiger partial charge on any atom is -0.355 e. The number of nitrogens with one attached hydrogen (secondary N) is 1. The van der Waals surface area contributed by atoms with Gasteiger partial charge >= 0.3 is 0 Å². The molecule has 9 heavy (non-hydrogen) atoms. The van der Waals surface area contributed by atoms with Crippen molar-refractivity contribution in [2.45, 2.75) is 19.8 Å². The summed E-state index contributed by atoms with van der Waals surface area (Å²) in [7, 11) is 0. The van der Waals surface area contributed by atoms with Gasteiger partial charge in [0.25, 0.3) is 0 Å². The van der Waals surface area contributed by atoms with Crippen LogP contribution in [0.5, 0.6) is 0 Å². The van der Waals surface area contributed by atoms with Gasteiger partial charge in [-0.1, -0.05) is 12.8 Å². The molecule has 0 heterocycles. The maximum absolute atomic E-state index is 10.5. The Hall–Kier alpha value is -0.970. The number of carbonyl (C=O) groups excluding carboxylic acids is 1. The third kappa shape index (κ3) is 4.89. The summed E-state index contributed by atoms with van der Waals surface area (Å²) in [6.45, 7) is 2.72. The number of hydrogen-bond acceptors (Lipinski definition) is 1. The zero-order chi connectivity index (χ0) is 7.11. The molecule has 0 aromatic heterocycles. The number of hydrogen-bond donors (Lipinski definition) is 1. The van der Waals surface area contributed by atoms with E-state index in [4.69, 9.17) is 6.42 Å². The Labute approximate surface area is 55.6 Å². The minimum atomic E-state index is -0.0562. The fourth-order valence-corrected chi connectivity index (χ4v) is 0.420. The topological polar surface area (TPSA) is 29.1 Å². The second-order valence-electron chi connectivity index (χ2n) is 1.73. The number of terminal acetylenes is 1. The average Bonchev–Trinajstić information content (AvgIpc) is 1.85. The molecule has 0 aliphatic carbocycles. The van der Waals surface area contributed by atoms with E-state index in [2.05, 4.69) is 11.2 Å². The second kappa shape index (κ2) is 5.17. The van der Waals surface area contributed by atoms with E-state index in [-0.39, 0.29) is 12.3 Å². The molecule has 2 heteroatoms. The van der Waals surface area contributed by atoms with E-state index >= 15 is 0 Å². The van der Waals surface area contributed by atoms with Crippen LogP contribution in [0.15, 0.2) is 0 Å². The van der Waals surface area contributed by atoms with Gasteiger partial charge in [0, 0.05) is 6.54 Å². The molecule has 0 aromatic rings. The van der Waals surface area contributed by atoms with E-state index < -0.39 is 0 Å². The summed E-state index contributed by atoms with van der Waals surface area (Å²) in [4.78, 5) is 10.5. The SMILES string of the molecule is C#CCC(=O)NCCC. The number of rotatable bonds is 3. The van der Waals surface area contributed by atoms with E-state index in [0.29, 0.717) is 0 Å². The number of carbonyl (C=O) groups is 1. The van der Waals surface area contributed by atoms with E-state index in [9.17, 15) is 4.79 Å². The minimum absolute atomic E-state index is 0.0562. The second-order valence-corrected chi connectivity index (χ2v) is 1.73. The summed E-state index contributed by atoms with van der Waals surface area (Å²) < 4.78 is 0. The van der Waals surface area contributed by atoms with Gasteiger partial charge in [0.05, 0.1) is 6.42 Å². The van der Waals surface area contributed by atoms with Crippen molar-refractivity contribution < 1.29 is 4.79 Å². The molecule has 0 aromatic carbocycles. The highest BCUT2D eigenvalue weighted by molar-refractivity contribution is 5.78. The summed E-state index contributed by atoms with van der Waals surface area (Å²) in [6, 6.07) is 0. The van der Waals surface area contributed by atoms with Crippen LogP contribution in [-0.4, -0.2) is 12.5 Å². The van der Waals surface area contributed by atoms with Gasteiger partial charge in [-0.3, -0.25) is 4.79 Å². The fourth-order valence-electron chi connectivity index (χ4n) is 0.420. The van der Waals surface area contributed by atoms with Gasteiger partial charge in [-0.2, -0.15) is 0 Å². The number of amides is 1. The highest BCUT2D eigenvalue weighted by Crippen LogP contribution is 1.75. The molecule has 0 spiro atoms. The summed E-state index contributed by atoms with van der Waals surface area (Å²) >= 11 is 0. The molecule has 0 atom stereocenters. The first-order valence-electron chi connectivity index (χ1n) is 3.01. The molecule has 0 radical (unpaired) electrons. The first kappa shape index (κ1) is 8.03. The lowest BCUT2D eigenvalue weighted by molar-refractivity contribution is -0.120. The molecular formula is C7H11NO. The maximum Gasteiger partial charge on any atom is 0.232 e. The molecule has 2 nitrogen and oxygen atoms in total. The summed E-state index contributed by atoms with van der Waals surface area (Å²) in [5, 5.41) is 2.65. The van der Waals surface area contributed by atoms with Gasteiger partial charge in [-0.25, -0.2) is 0 Å². The summed E-state index contributed by atoms with van der Waals surface area (Å²) in [5.74, 6) is 2.21. The zero-order valence-corrected chi connectivity index (χ0v) is 5.61. The van der Waals surface area contributed by atoms with Crippen LogP contribution in [0.2, 0.25) is 0 Å². The van der Waals surface area contributed by atoms with Gasteiger partial charge in [0.2, 0.25) is 5.91 Å². The molecular weight excluding hydrogens is 114 g/mol. The normalized spacial score (nSPS) is 8.00. The standard InChI is InChI=1S/C7H11NO/c1-3-5-7(9)8-6-4-2/h1H,4-6H2,2H3,(H,8,9). The summed E-state index contributed by atoms with van der Waals surface area (Å²) in [5.41, 5.74) is 0. The van der Waals surface area contributed by atoms with Crippen molar-refractivity contribution in [2.24, 2.45) is 0 Å². The third-order valence-electron chi connectivity index (χ3n) is 0.835. The van der Waals surface area contributed by atoms with Crippen molar-refractivity contribution >= 4 is 5.91 Å². The van der Waals surface area contributed by atoms with Crippen LogP contribution in [0.3, 0.4) is 0 Å². The predicted molar refractivity (Wildman–Crippen MR) is 36.8 cm³/mol. The van der Waals surface area contributed by atoms with E-state index in [1.54, 1.807) is 0 Å². The first-order chi connectivity index (χ1) is 4.31. The van der Waals surface area contributed by atoms with Crippen LogP contribution in [0.25, 0.3) is 0 Å². The fraction of sp³-hybridized carbons (Fsp3) is 0.571. The molecule has 0 unspecified atom stereocenters. The van der Waals surface area contributed by atoms with Crippen LogP contribution in [0.4, 0.5) is 0 Å². The predicted octanol–water partition coefficient (Wildman–Crippen LogP) is 0.536. The molecule has 0 saturated heterocycles. The monoisotopic (exact) mass is 125 g/mol. The Kier molecular flexibility index (Phi) is 4.61. The summed E-state index contributed by atoms with van der Waals surface area (Å²) in [6.07, 6.45) is 6.04. The molecule has 0 aliphatic rings. The van der Waals surface area contributed by atoms with Crippen LogP contribution in [0.1, 0.15) is 19.8 Å². The van der Waals surface area contributed by atoms with E-state index in [1.807, 2.05) is 6.92 Å². The lowest BCUT2D eigenvalue weighted by Crippen LogP contribution is -2.22. The Morgan fingerprint density at radius 2 is 2.44 bits per heavy atom. The van der Waals surface area contributed by atoms with Crippen molar-refractivity contribution in [2.75, 3.05) is 6.54 Å². The highest BCUT2D eigenvalue weighted by Gasteiger charge is 1.92.